The van der Waals surface area contributed by atoms with Gasteiger partial charge in [-0.05, 0) is 34.1 Å². The molecule has 1 saturated heterocycles. The van der Waals surface area contributed by atoms with E-state index in [0.717, 1.165) is 0 Å². The van der Waals surface area contributed by atoms with E-state index in [2.05, 4.69) is 10.2 Å². The quantitative estimate of drug-likeness (QED) is 0.824. The molecule has 7 heteroatoms. The highest BCUT2D eigenvalue weighted by Gasteiger charge is 2.48. The van der Waals surface area contributed by atoms with Gasteiger partial charge in [0.25, 0.3) is 0 Å². The van der Waals surface area contributed by atoms with Gasteiger partial charge in [0.2, 0.25) is 10.0 Å². The van der Waals surface area contributed by atoms with Crippen LogP contribution in [0.1, 0.15) is 31.7 Å². The summed E-state index contributed by atoms with van der Waals surface area (Å²) in [6.07, 6.45) is -0.179. The molecule has 2 heterocycles. The molecule has 0 aliphatic carbocycles. The molecule has 0 amide bonds. The van der Waals surface area contributed by atoms with Gasteiger partial charge in [-0.1, -0.05) is 0 Å². The maximum absolute atomic E-state index is 12.7. The third kappa shape index (κ3) is 1.77. The SMILES string of the molecule is Cc1n[nH]c(C)c1S(=O)(=O)N1CCC(O)C1(C)C. The molecule has 102 valence electrons. The van der Waals surface area contributed by atoms with E-state index in [-0.39, 0.29) is 4.90 Å². The molecule has 2 rings (SSSR count). The van der Waals surface area contributed by atoms with Gasteiger partial charge in [-0.25, -0.2) is 8.42 Å². The zero-order valence-electron chi connectivity index (χ0n) is 11.1. The number of hydrogen-bond donors (Lipinski definition) is 2. The van der Waals surface area contributed by atoms with E-state index in [1.807, 2.05) is 0 Å². The molecule has 1 unspecified atom stereocenters. The van der Waals surface area contributed by atoms with Gasteiger partial charge in [-0.3, -0.25) is 5.10 Å². The largest absolute Gasteiger partial charge is 0.391 e. The van der Waals surface area contributed by atoms with Crippen LogP contribution in [0, 0.1) is 13.8 Å². The van der Waals surface area contributed by atoms with E-state index in [1.165, 1.54) is 4.31 Å². The maximum atomic E-state index is 12.7. The van der Waals surface area contributed by atoms with Gasteiger partial charge in [-0.2, -0.15) is 9.40 Å². The van der Waals surface area contributed by atoms with Gasteiger partial charge in [0, 0.05) is 6.54 Å². The molecule has 2 N–H and O–H groups in total. The van der Waals surface area contributed by atoms with Crippen molar-refractivity contribution in [3.05, 3.63) is 11.4 Å². The Bertz CT molecular complexity index is 543. The molecule has 1 atom stereocenters. The number of aromatic nitrogens is 2. The first-order chi connectivity index (χ1) is 8.19. The molecule has 1 aliphatic rings. The fourth-order valence-corrected chi connectivity index (χ4v) is 4.67. The molecule has 1 fully saturated rings. The zero-order valence-corrected chi connectivity index (χ0v) is 11.9. The third-order valence-corrected chi connectivity index (χ3v) is 6.02. The van der Waals surface area contributed by atoms with Gasteiger partial charge in [-0.15, -0.1) is 0 Å². The van der Waals surface area contributed by atoms with Crippen molar-refractivity contribution in [2.75, 3.05) is 6.54 Å². The van der Waals surface area contributed by atoms with E-state index >= 15 is 0 Å². The van der Waals surface area contributed by atoms with Gasteiger partial charge >= 0.3 is 0 Å². The number of aliphatic hydroxyl groups excluding tert-OH is 1. The van der Waals surface area contributed by atoms with Gasteiger partial charge in [0.05, 0.1) is 23.0 Å². The van der Waals surface area contributed by atoms with Gasteiger partial charge in [0.1, 0.15) is 4.90 Å². The summed E-state index contributed by atoms with van der Waals surface area (Å²) in [5.41, 5.74) is 0.212. The monoisotopic (exact) mass is 273 g/mol. The van der Waals surface area contributed by atoms with Crippen molar-refractivity contribution < 1.29 is 13.5 Å². The summed E-state index contributed by atoms with van der Waals surface area (Å²) < 4.78 is 26.7. The second-order valence-corrected chi connectivity index (χ2v) is 7.10. The standard InChI is InChI=1S/C11H19N3O3S/c1-7-10(8(2)13-12-7)18(16,17)14-6-5-9(15)11(14,3)4/h9,15H,5-6H2,1-4H3,(H,12,13). The lowest BCUT2D eigenvalue weighted by Gasteiger charge is -2.32. The van der Waals surface area contributed by atoms with Crippen molar-refractivity contribution in [2.24, 2.45) is 0 Å². The van der Waals surface area contributed by atoms with Crippen LogP contribution in [0.15, 0.2) is 4.90 Å². The van der Waals surface area contributed by atoms with Crippen molar-refractivity contribution in [1.82, 2.24) is 14.5 Å². The zero-order chi connectivity index (χ0) is 13.7. The molecular weight excluding hydrogens is 254 g/mol. The molecule has 0 bridgehead atoms. The number of hydrogen-bond acceptors (Lipinski definition) is 4. The number of nitrogens with one attached hydrogen (secondary N) is 1. The molecule has 1 aromatic rings. The predicted molar refractivity (Wildman–Crippen MR) is 66.7 cm³/mol. The molecule has 0 saturated carbocycles. The van der Waals surface area contributed by atoms with Crippen LogP contribution in [0.4, 0.5) is 0 Å². The highest BCUT2D eigenvalue weighted by Crippen LogP contribution is 2.35. The van der Waals surface area contributed by atoms with E-state index in [4.69, 9.17) is 0 Å². The topological polar surface area (TPSA) is 86.3 Å². The fraction of sp³-hybridized carbons (Fsp3) is 0.727. The number of aromatic amines is 1. The van der Waals surface area contributed by atoms with Crippen LogP contribution in [0.2, 0.25) is 0 Å². The lowest BCUT2D eigenvalue weighted by molar-refractivity contribution is 0.0901. The Kier molecular flexibility index (Phi) is 3.03. The van der Waals surface area contributed by atoms with Crippen LogP contribution < -0.4 is 0 Å². The summed E-state index contributed by atoms with van der Waals surface area (Å²) >= 11 is 0. The molecule has 6 nitrogen and oxygen atoms in total. The third-order valence-electron chi connectivity index (χ3n) is 3.67. The Hall–Kier alpha value is -0.920. The Morgan fingerprint density at radius 1 is 1.44 bits per heavy atom. The number of nitrogens with zero attached hydrogens (tertiary/aromatic N) is 2. The van der Waals surface area contributed by atoms with Gasteiger partial charge in [0.15, 0.2) is 0 Å². The maximum Gasteiger partial charge on any atom is 0.247 e. The van der Waals surface area contributed by atoms with E-state index in [9.17, 15) is 13.5 Å². The normalized spacial score (nSPS) is 24.6. The van der Waals surface area contributed by atoms with E-state index in [1.54, 1.807) is 27.7 Å². The Morgan fingerprint density at radius 2 is 2.06 bits per heavy atom. The molecule has 1 aliphatic heterocycles. The second-order valence-electron chi connectivity index (χ2n) is 5.30. The van der Waals surface area contributed by atoms with Crippen LogP contribution in [0.5, 0.6) is 0 Å². The van der Waals surface area contributed by atoms with Crippen molar-refractivity contribution in [1.29, 1.82) is 0 Å². The average molecular weight is 273 g/mol. The van der Waals surface area contributed by atoms with Crippen molar-refractivity contribution in [3.63, 3.8) is 0 Å². The van der Waals surface area contributed by atoms with Crippen LogP contribution in [0.25, 0.3) is 0 Å². The molecule has 0 spiro atoms. The lowest BCUT2D eigenvalue weighted by Crippen LogP contribution is -2.48. The summed E-state index contributed by atoms with van der Waals surface area (Å²) in [5.74, 6) is 0. The summed E-state index contributed by atoms with van der Waals surface area (Å²) in [4.78, 5) is 0.227. The number of rotatable bonds is 2. The summed E-state index contributed by atoms with van der Waals surface area (Å²) in [5, 5.41) is 16.5. The van der Waals surface area contributed by atoms with Crippen molar-refractivity contribution >= 4 is 10.0 Å². The van der Waals surface area contributed by atoms with E-state index < -0.39 is 21.7 Å². The lowest BCUT2D eigenvalue weighted by atomic mass is 10.0. The van der Waals surface area contributed by atoms with Crippen LogP contribution in [-0.2, 0) is 10.0 Å². The first kappa shape index (κ1) is 13.5. The highest BCUT2D eigenvalue weighted by molar-refractivity contribution is 7.89. The van der Waals surface area contributed by atoms with Crippen molar-refractivity contribution in [2.45, 2.75) is 50.7 Å². The smallest absolute Gasteiger partial charge is 0.247 e. The number of H-pyrrole nitrogens is 1. The molecular formula is C11H19N3O3S. The number of aliphatic hydroxyl groups is 1. The predicted octanol–water partition coefficient (Wildman–Crippen LogP) is 0.560. The van der Waals surface area contributed by atoms with Crippen LogP contribution in [0.3, 0.4) is 0 Å². The molecule has 0 radical (unpaired) electrons. The fourth-order valence-electron chi connectivity index (χ4n) is 2.51. The Labute approximate surface area is 107 Å². The molecule has 0 aromatic carbocycles. The Morgan fingerprint density at radius 3 is 2.44 bits per heavy atom. The number of sulfonamides is 1. The van der Waals surface area contributed by atoms with E-state index in [0.29, 0.717) is 24.4 Å². The van der Waals surface area contributed by atoms with Crippen LogP contribution in [-0.4, -0.2) is 46.2 Å². The summed E-state index contributed by atoms with van der Waals surface area (Å²) in [6.45, 7) is 7.17. The Balaban J connectivity index is 2.52. The van der Waals surface area contributed by atoms with Gasteiger partial charge < -0.3 is 5.11 Å². The number of aryl methyl sites for hydroxylation is 2. The minimum Gasteiger partial charge on any atom is -0.391 e. The first-order valence-corrected chi connectivity index (χ1v) is 7.35. The first-order valence-electron chi connectivity index (χ1n) is 5.91. The minimum atomic E-state index is -3.62. The average Bonchev–Trinajstić information content (AvgIpc) is 2.70. The highest BCUT2D eigenvalue weighted by atomic mass is 32.2. The van der Waals surface area contributed by atoms with Crippen molar-refractivity contribution in [3.8, 4) is 0 Å². The minimum absolute atomic E-state index is 0.227. The molecule has 18 heavy (non-hydrogen) atoms. The summed E-state index contributed by atoms with van der Waals surface area (Å²) in [6, 6.07) is 0. The van der Waals surface area contributed by atoms with Crippen LogP contribution >= 0.6 is 0 Å². The second kappa shape index (κ2) is 4.04. The molecule has 1 aromatic heterocycles. The summed E-state index contributed by atoms with van der Waals surface area (Å²) in [7, 11) is -3.62.